The van der Waals surface area contributed by atoms with Crippen molar-refractivity contribution >= 4 is 33.2 Å². The first-order valence-corrected chi connectivity index (χ1v) is 17.7. The maximum atomic E-state index is 13.5. The largest absolute Gasteiger partial charge is 0.490 e. The summed E-state index contributed by atoms with van der Waals surface area (Å²) >= 11 is 6.39. The molecule has 44 heavy (non-hydrogen) atoms. The van der Waals surface area contributed by atoms with Gasteiger partial charge in [-0.1, -0.05) is 29.8 Å². The topological polar surface area (TPSA) is 116 Å². The lowest BCUT2D eigenvalue weighted by Gasteiger charge is -2.45. The SMILES string of the molecule is CC(C)(O)C[C@H]1CC/C=C\[C@H](O)[C@@H]2CC[C@H]2CN2C[C@@]3(CCCc4cc(Cl)ccc43)COc3ccc(cc32)C(=O)NS1(=O)=O. The summed E-state index contributed by atoms with van der Waals surface area (Å²) in [5, 5.41) is 21.4. The summed E-state index contributed by atoms with van der Waals surface area (Å²) in [6.07, 6.45) is 8.39. The number of nitrogens with zero attached hydrogens (tertiary/aromatic N) is 1. The Hall–Kier alpha value is -2.59. The fourth-order valence-corrected chi connectivity index (χ4v) is 9.48. The molecule has 4 aliphatic rings. The number of carbonyl (C=O) groups is 1. The van der Waals surface area contributed by atoms with Gasteiger partial charge in [0.1, 0.15) is 5.75 Å². The Labute approximate surface area is 265 Å². The van der Waals surface area contributed by atoms with Gasteiger partial charge >= 0.3 is 0 Å². The minimum Gasteiger partial charge on any atom is -0.490 e. The molecule has 2 aliphatic heterocycles. The number of aryl methyl sites for hydroxylation is 1. The van der Waals surface area contributed by atoms with E-state index >= 15 is 0 Å². The van der Waals surface area contributed by atoms with E-state index in [0.717, 1.165) is 42.8 Å². The Morgan fingerprint density at radius 2 is 1.98 bits per heavy atom. The molecule has 0 aromatic heterocycles. The number of aliphatic hydroxyl groups is 2. The second-order valence-corrected chi connectivity index (χ2v) is 16.3. The highest BCUT2D eigenvalue weighted by Crippen LogP contribution is 2.46. The van der Waals surface area contributed by atoms with Crippen molar-refractivity contribution in [3.63, 3.8) is 0 Å². The van der Waals surface area contributed by atoms with Gasteiger partial charge in [-0.15, -0.1) is 0 Å². The van der Waals surface area contributed by atoms with Crippen molar-refractivity contribution in [1.82, 2.24) is 4.72 Å². The minimum absolute atomic E-state index is 0.0305. The van der Waals surface area contributed by atoms with Crippen molar-refractivity contribution in [3.05, 3.63) is 70.3 Å². The van der Waals surface area contributed by atoms with E-state index in [1.54, 1.807) is 38.1 Å². The highest BCUT2D eigenvalue weighted by atomic mass is 35.5. The molecule has 0 radical (unpaired) electrons. The second-order valence-electron chi connectivity index (χ2n) is 13.9. The number of amides is 1. The average molecular weight is 643 g/mol. The van der Waals surface area contributed by atoms with Gasteiger partial charge in [-0.25, -0.2) is 13.1 Å². The molecule has 6 rings (SSSR count). The molecule has 0 saturated heterocycles. The Kier molecular flexibility index (Phi) is 8.54. The zero-order chi connectivity index (χ0) is 31.3. The number of anilines is 1. The van der Waals surface area contributed by atoms with Crippen molar-refractivity contribution in [2.45, 2.75) is 87.6 Å². The molecule has 1 amide bonds. The predicted octanol–water partition coefficient (Wildman–Crippen LogP) is 5.14. The van der Waals surface area contributed by atoms with Crippen LogP contribution in [0.5, 0.6) is 5.75 Å². The van der Waals surface area contributed by atoms with Crippen LogP contribution < -0.4 is 14.4 Å². The smallest absolute Gasteiger partial charge is 0.264 e. The quantitative estimate of drug-likeness (QED) is 0.389. The van der Waals surface area contributed by atoms with Gasteiger partial charge in [0, 0.05) is 29.1 Å². The molecule has 8 nitrogen and oxygen atoms in total. The van der Waals surface area contributed by atoms with Gasteiger partial charge in [-0.05, 0) is 119 Å². The molecule has 5 atom stereocenters. The molecular formula is C34H43ClN2O6S. The van der Waals surface area contributed by atoms with Crippen molar-refractivity contribution in [2.75, 3.05) is 24.6 Å². The van der Waals surface area contributed by atoms with Gasteiger partial charge in [0.05, 0.1) is 29.2 Å². The third-order valence-corrected chi connectivity index (χ3v) is 12.0. The van der Waals surface area contributed by atoms with Crippen LogP contribution in [-0.2, 0) is 21.9 Å². The molecule has 3 N–H and O–H groups in total. The fraction of sp³-hybridized carbons (Fsp3) is 0.559. The summed E-state index contributed by atoms with van der Waals surface area (Å²) in [6, 6.07) is 11.2. The number of aliphatic hydroxyl groups excluding tert-OH is 1. The number of halogens is 1. The molecule has 1 saturated carbocycles. The molecule has 0 unspecified atom stereocenters. The number of rotatable bonds is 2. The van der Waals surface area contributed by atoms with Crippen LogP contribution in [0.1, 0.15) is 80.3 Å². The van der Waals surface area contributed by atoms with Crippen LogP contribution in [0.25, 0.3) is 0 Å². The third-order valence-electron chi connectivity index (χ3n) is 10.1. The monoisotopic (exact) mass is 642 g/mol. The van der Waals surface area contributed by atoms with Crippen molar-refractivity contribution in [1.29, 1.82) is 0 Å². The molecular weight excluding hydrogens is 600 g/mol. The molecule has 2 heterocycles. The van der Waals surface area contributed by atoms with Crippen LogP contribution in [0.2, 0.25) is 5.02 Å². The summed E-state index contributed by atoms with van der Waals surface area (Å²) in [4.78, 5) is 15.8. The number of allylic oxidation sites excluding steroid dienone is 1. The van der Waals surface area contributed by atoms with E-state index in [0.29, 0.717) is 31.9 Å². The lowest BCUT2D eigenvalue weighted by molar-refractivity contribution is 0.0455. The van der Waals surface area contributed by atoms with E-state index in [1.807, 2.05) is 12.1 Å². The van der Waals surface area contributed by atoms with E-state index < -0.39 is 32.9 Å². The molecule has 2 aromatic rings. The first-order valence-electron chi connectivity index (χ1n) is 15.8. The van der Waals surface area contributed by atoms with Gasteiger partial charge in [-0.3, -0.25) is 4.79 Å². The van der Waals surface area contributed by atoms with Crippen LogP contribution in [0.4, 0.5) is 5.69 Å². The molecule has 2 aliphatic carbocycles. The summed E-state index contributed by atoms with van der Waals surface area (Å²) in [6.45, 7) is 4.96. The molecule has 238 valence electrons. The number of ether oxygens (including phenoxy) is 1. The van der Waals surface area contributed by atoms with Crippen LogP contribution in [0.3, 0.4) is 0 Å². The number of hydrogen-bond donors (Lipinski definition) is 3. The number of sulfonamides is 1. The van der Waals surface area contributed by atoms with Crippen LogP contribution in [-0.4, -0.2) is 61.2 Å². The lowest BCUT2D eigenvalue weighted by Crippen LogP contribution is -2.49. The van der Waals surface area contributed by atoms with Gasteiger partial charge in [0.25, 0.3) is 5.91 Å². The molecule has 1 fully saturated rings. The van der Waals surface area contributed by atoms with E-state index in [2.05, 4.69) is 21.8 Å². The van der Waals surface area contributed by atoms with E-state index in [1.165, 1.54) is 11.1 Å². The van der Waals surface area contributed by atoms with Crippen molar-refractivity contribution in [2.24, 2.45) is 11.8 Å². The minimum atomic E-state index is -4.12. The Morgan fingerprint density at radius 1 is 1.16 bits per heavy atom. The van der Waals surface area contributed by atoms with E-state index in [4.69, 9.17) is 16.3 Å². The highest BCUT2D eigenvalue weighted by molar-refractivity contribution is 7.90. The van der Waals surface area contributed by atoms with Crippen LogP contribution in [0.15, 0.2) is 48.6 Å². The van der Waals surface area contributed by atoms with E-state index in [-0.39, 0.29) is 35.7 Å². The number of hydrogen-bond acceptors (Lipinski definition) is 7. The normalized spacial score (nSPS) is 31.0. The summed E-state index contributed by atoms with van der Waals surface area (Å²) in [5.74, 6) is 0.284. The standard InChI is InChI=1S/C34H43ClN2O6S/c1-33(2,40)18-26-7-3-4-8-30(38)27-12-9-24(27)19-37-20-34(15-5-6-22-16-25(35)11-13-28(22)34)21-43-31-14-10-23(17-29(31)37)32(39)36-44(26,41)42/h4,8,10-11,13-14,16-17,24,26-27,30,38,40H,3,5-7,9,12,15,18-21H2,1-2H3,(H,36,39)/b8-4-/t24-,26+,27+,30-,34-/m0/s1. The molecule has 2 aromatic carbocycles. The number of fused-ring (bicyclic) bond motifs is 4. The van der Waals surface area contributed by atoms with Crippen molar-refractivity contribution < 1.29 is 28.2 Å². The lowest BCUT2D eigenvalue weighted by atomic mass is 9.68. The first-order chi connectivity index (χ1) is 20.8. The predicted molar refractivity (Wildman–Crippen MR) is 172 cm³/mol. The van der Waals surface area contributed by atoms with Gasteiger partial charge in [0.2, 0.25) is 10.0 Å². The number of nitrogens with one attached hydrogen (secondary N) is 1. The Bertz CT molecular complexity index is 1550. The molecule has 1 spiro atoms. The third kappa shape index (κ3) is 6.39. The summed E-state index contributed by atoms with van der Waals surface area (Å²) in [7, 11) is -4.12. The number of carbonyl (C=O) groups excluding carboxylic acids is 1. The van der Waals surface area contributed by atoms with Gasteiger partial charge in [0.15, 0.2) is 0 Å². The fourth-order valence-electron chi connectivity index (χ4n) is 7.67. The first kappa shape index (κ1) is 31.4. The van der Waals surface area contributed by atoms with Crippen LogP contribution >= 0.6 is 11.6 Å². The molecule has 2 bridgehead atoms. The average Bonchev–Trinajstić information content (AvgIpc) is 3.08. The van der Waals surface area contributed by atoms with Crippen LogP contribution in [0, 0.1) is 11.8 Å². The zero-order valence-corrected chi connectivity index (χ0v) is 27.0. The summed E-state index contributed by atoms with van der Waals surface area (Å²) < 4.78 is 35.8. The Morgan fingerprint density at radius 3 is 2.73 bits per heavy atom. The van der Waals surface area contributed by atoms with Gasteiger partial charge in [-0.2, -0.15) is 0 Å². The maximum Gasteiger partial charge on any atom is 0.264 e. The van der Waals surface area contributed by atoms with Gasteiger partial charge < -0.3 is 19.8 Å². The van der Waals surface area contributed by atoms with Crippen molar-refractivity contribution in [3.8, 4) is 5.75 Å². The highest BCUT2D eigenvalue weighted by Gasteiger charge is 2.44. The molecule has 10 heteroatoms. The Balaban J connectivity index is 1.40. The summed E-state index contributed by atoms with van der Waals surface area (Å²) in [5.41, 5.74) is 1.93. The second kappa shape index (κ2) is 12.0. The zero-order valence-electron chi connectivity index (χ0n) is 25.5. The van der Waals surface area contributed by atoms with E-state index in [9.17, 15) is 23.4 Å². The maximum absolute atomic E-state index is 13.5. The number of benzene rings is 2.